The van der Waals surface area contributed by atoms with Crippen molar-refractivity contribution in [2.45, 2.75) is 25.3 Å². The molecule has 2 amide bonds. The summed E-state index contributed by atoms with van der Waals surface area (Å²) in [6.45, 7) is 2.24. The fourth-order valence-electron chi connectivity index (χ4n) is 3.26. The Balaban J connectivity index is 1.76. The zero-order chi connectivity index (χ0) is 14.8. The number of fused-ring (bicyclic) bond motifs is 1. The van der Waals surface area contributed by atoms with E-state index in [4.69, 9.17) is 0 Å². The number of amides is 2. The van der Waals surface area contributed by atoms with Crippen molar-refractivity contribution in [1.82, 2.24) is 15.1 Å². The van der Waals surface area contributed by atoms with E-state index in [2.05, 4.69) is 10.2 Å². The molecule has 1 N–H and O–H groups in total. The lowest BCUT2D eigenvalue weighted by molar-refractivity contribution is 0.0425. The second kappa shape index (κ2) is 5.95. The summed E-state index contributed by atoms with van der Waals surface area (Å²) in [6, 6.07) is 7.47. The molecule has 1 fully saturated rings. The molecule has 2 heterocycles. The third-order valence-electron chi connectivity index (χ3n) is 4.39. The van der Waals surface area contributed by atoms with Gasteiger partial charge in [0.25, 0.3) is 11.8 Å². The van der Waals surface area contributed by atoms with Gasteiger partial charge in [-0.2, -0.15) is 0 Å². The van der Waals surface area contributed by atoms with Gasteiger partial charge in [-0.05, 0) is 32.0 Å². The van der Waals surface area contributed by atoms with E-state index in [-0.39, 0.29) is 11.8 Å². The van der Waals surface area contributed by atoms with Gasteiger partial charge in [0.2, 0.25) is 0 Å². The quantitative estimate of drug-likeness (QED) is 0.849. The molecule has 112 valence electrons. The van der Waals surface area contributed by atoms with Crippen LogP contribution in [0.25, 0.3) is 0 Å². The maximum absolute atomic E-state index is 12.4. The summed E-state index contributed by atoms with van der Waals surface area (Å²) in [7, 11) is 1.94. The van der Waals surface area contributed by atoms with Gasteiger partial charge < -0.3 is 5.32 Å². The molecule has 5 nitrogen and oxygen atoms in total. The van der Waals surface area contributed by atoms with Crippen molar-refractivity contribution in [2.24, 2.45) is 0 Å². The highest BCUT2D eigenvalue weighted by atomic mass is 16.2. The Morgan fingerprint density at radius 3 is 2.43 bits per heavy atom. The minimum atomic E-state index is -0.163. The summed E-state index contributed by atoms with van der Waals surface area (Å²) in [5.74, 6) is -0.325. The van der Waals surface area contributed by atoms with Crippen LogP contribution >= 0.6 is 0 Å². The maximum Gasteiger partial charge on any atom is 0.262 e. The van der Waals surface area contributed by atoms with Gasteiger partial charge >= 0.3 is 0 Å². The van der Waals surface area contributed by atoms with E-state index in [1.807, 2.05) is 7.05 Å². The summed E-state index contributed by atoms with van der Waals surface area (Å²) in [4.78, 5) is 28.5. The molecule has 0 bridgehead atoms. The van der Waals surface area contributed by atoms with E-state index in [1.54, 1.807) is 24.3 Å². The largest absolute Gasteiger partial charge is 0.318 e. The van der Waals surface area contributed by atoms with Gasteiger partial charge in [0.15, 0.2) is 0 Å². The number of hydrogen-bond donors (Lipinski definition) is 1. The molecular formula is C16H21N3O2. The van der Waals surface area contributed by atoms with E-state index in [0.717, 1.165) is 25.9 Å². The topological polar surface area (TPSA) is 52.6 Å². The Hall–Kier alpha value is -1.72. The third-order valence-corrected chi connectivity index (χ3v) is 4.39. The maximum atomic E-state index is 12.4. The SMILES string of the molecule is CNCC1CCCCN1CN1C(=O)c2ccccc2C1=O. The van der Waals surface area contributed by atoms with E-state index >= 15 is 0 Å². The molecule has 2 aliphatic heterocycles. The molecule has 1 unspecified atom stereocenters. The predicted molar refractivity (Wildman–Crippen MR) is 80.1 cm³/mol. The first-order valence-electron chi connectivity index (χ1n) is 7.56. The minimum absolute atomic E-state index is 0.163. The van der Waals surface area contributed by atoms with Crippen molar-refractivity contribution in [3.63, 3.8) is 0 Å². The average Bonchev–Trinajstić information content (AvgIpc) is 2.75. The number of carbonyl (C=O) groups is 2. The van der Waals surface area contributed by atoms with Crippen molar-refractivity contribution >= 4 is 11.8 Å². The number of benzene rings is 1. The van der Waals surface area contributed by atoms with Gasteiger partial charge in [-0.3, -0.25) is 19.4 Å². The van der Waals surface area contributed by atoms with Crippen LogP contribution in [-0.2, 0) is 0 Å². The summed E-state index contributed by atoms with van der Waals surface area (Å²) in [6.07, 6.45) is 3.46. The van der Waals surface area contributed by atoms with Crippen LogP contribution in [0.5, 0.6) is 0 Å². The molecule has 0 aliphatic carbocycles. The fraction of sp³-hybridized carbons (Fsp3) is 0.500. The smallest absolute Gasteiger partial charge is 0.262 e. The van der Waals surface area contributed by atoms with E-state index in [1.165, 1.54) is 11.3 Å². The summed E-state index contributed by atoms with van der Waals surface area (Å²) >= 11 is 0. The molecule has 0 aromatic heterocycles. The molecule has 1 atom stereocenters. The lowest BCUT2D eigenvalue weighted by Crippen LogP contribution is -2.51. The van der Waals surface area contributed by atoms with Crippen LogP contribution in [0, 0.1) is 0 Å². The van der Waals surface area contributed by atoms with Gasteiger partial charge in [0, 0.05) is 19.1 Å². The van der Waals surface area contributed by atoms with E-state index in [0.29, 0.717) is 23.8 Å². The second-order valence-corrected chi connectivity index (χ2v) is 5.74. The molecule has 0 spiro atoms. The number of piperidine rings is 1. The van der Waals surface area contributed by atoms with Crippen molar-refractivity contribution in [2.75, 3.05) is 26.8 Å². The Morgan fingerprint density at radius 1 is 1.14 bits per heavy atom. The molecular weight excluding hydrogens is 266 g/mol. The first-order valence-corrected chi connectivity index (χ1v) is 7.56. The first kappa shape index (κ1) is 14.2. The second-order valence-electron chi connectivity index (χ2n) is 5.74. The van der Waals surface area contributed by atoms with Gasteiger partial charge in [-0.1, -0.05) is 18.6 Å². The summed E-state index contributed by atoms with van der Waals surface area (Å²) in [5.41, 5.74) is 1.06. The van der Waals surface area contributed by atoms with Crippen molar-refractivity contribution in [1.29, 1.82) is 0 Å². The zero-order valence-electron chi connectivity index (χ0n) is 12.3. The van der Waals surface area contributed by atoms with Gasteiger partial charge in [0.05, 0.1) is 17.8 Å². The molecule has 1 saturated heterocycles. The molecule has 1 aromatic rings. The Morgan fingerprint density at radius 2 is 1.81 bits per heavy atom. The van der Waals surface area contributed by atoms with Crippen molar-refractivity contribution in [3.05, 3.63) is 35.4 Å². The Bertz CT molecular complexity index is 521. The molecule has 21 heavy (non-hydrogen) atoms. The molecule has 2 aliphatic rings. The van der Waals surface area contributed by atoms with E-state index in [9.17, 15) is 9.59 Å². The van der Waals surface area contributed by atoms with E-state index < -0.39 is 0 Å². The van der Waals surface area contributed by atoms with Gasteiger partial charge in [0.1, 0.15) is 0 Å². The van der Waals surface area contributed by atoms with Crippen LogP contribution < -0.4 is 5.32 Å². The standard InChI is InChI=1S/C16H21N3O2/c1-17-10-12-6-4-5-9-18(12)11-19-15(20)13-7-2-3-8-14(13)16(19)21/h2-3,7-8,12,17H,4-6,9-11H2,1H3. The molecule has 3 rings (SSSR count). The van der Waals surface area contributed by atoms with Crippen LogP contribution in [0.4, 0.5) is 0 Å². The number of rotatable bonds is 4. The number of likely N-dealkylation sites (N-methyl/N-ethyl adjacent to an activating group) is 1. The number of hydrogen-bond acceptors (Lipinski definition) is 4. The Kier molecular flexibility index (Phi) is 4.03. The highest BCUT2D eigenvalue weighted by molar-refractivity contribution is 6.21. The third kappa shape index (κ3) is 2.59. The number of nitrogens with zero attached hydrogens (tertiary/aromatic N) is 2. The lowest BCUT2D eigenvalue weighted by Gasteiger charge is -2.37. The van der Waals surface area contributed by atoms with Crippen LogP contribution in [0.15, 0.2) is 24.3 Å². The van der Waals surface area contributed by atoms with Crippen LogP contribution in [0.1, 0.15) is 40.0 Å². The van der Waals surface area contributed by atoms with Gasteiger partial charge in [-0.25, -0.2) is 0 Å². The minimum Gasteiger partial charge on any atom is -0.318 e. The molecule has 0 saturated carbocycles. The summed E-state index contributed by atoms with van der Waals surface area (Å²) < 4.78 is 0. The molecule has 1 aromatic carbocycles. The normalized spacial score (nSPS) is 22.7. The predicted octanol–water partition coefficient (Wildman–Crippen LogP) is 1.31. The van der Waals surface area contributed by atoms with Crippen LogP contribution in [0.2, 0.25) is 0 Å². The van der Waals surface area contributed by atoms with Crippen LogP contribution in [-0.4, -0.2) is 54.5 Å². The van der Waals surface area contributed by atoms with Gasteiger partial charge in [-0.15, -0.1) is 0 Å². The number of likely N-dealkylation sites (tertiary alicyclic amines) is 1. The number of nitrogens with one attached hydrogen (secondary N) is 1. The zero-order valence-corrected chi connectivity index (χ0v) is 12.3. The number of carbonyl (C=O) groups excluding carboxylic acids is 2. The summed E-state index contributed by atoms with van der Waals surface area (Å²) in [5, 5.41) is 3.20. The highest BCUT2D eigenvalue weighted by Gasteiger charge is 2.37. The average molecular weight is 287 g/mol. The molecule has 5 heteroatoms. The van der Waals surface area contributed by atoms with Crippen molar-refractivity contribution in [3.8, 4) is 0 Å². The number of imide groups is 1. The molecule has 0 radical (unpaired) electrons. The fourth-order valence-corrected chi connectivity index (χ4v) is 3.26. The lowest BCUT2D eigenvalue weighted by atomic mass is 10.0. The monoisotopic (exact) mass is 287 g/mol. The van der Waals surface area contributed by atoms with Crippen molar-refractivity contribution < 1.29 is 9.59 Å². The highest BCUT2D eigenvalue weighted by Crippen LogP contribution is 2.24. The Labute approximate surface area is 124 Å². The first-order chi connectivity index (χ1) is 10.2. The van der Waals surface area contributed by atoms with Crippen LogP contribution in [0.3, 0.4) is 0 Å².